The van der Waals surface area contributed by atoms with Crippen LogP contribution in [0.3, 0.4) is 0 Å². The topological polar surface area (TPSA) is 101 Å². The molecule has 1 heterocycles. The van der Waals surface area contributed by atoms with E-state index < -0.39 is 26.6 Å². The molecule has 1 aromatic rings. The molecule has 0 saturated carbocycles. The second kappa shape index (κ2) is 4.78. The molecule has 0 aliphatic carbocycles. The zero-order valence-electron chi connectivity index (χ0n) is 10.3. The van der Waals surface area contributed by atoms with E-state index in [-0.39, 0.29) is 4.90 Å². The summed E-state index contributed by atoms with van der Waals surface area (Å²) in [4.78, 5) is 11.6. The Morgan fingerprint density at radius 3 is 2.63 bits per heavy atom. The van der Waals surface area contributed by atoms with Crippen LogP contribution in [0.5, 0.6) is 0 Å². The Labute approximate surface area is 110 Å². The molecular formula is C11H14N2O5S. The molecule has 2 rings (SSSR count). The molecule has 0 bridgehead atoms. The summed E-state index contributed by atoms with van der Waals surface area (Å²) >= 11 is 0. The molecule has 1 saturated heterocycles. The van der Waals surface area contributed by atoms with E-state index in [2.05, 4.69) is 0 Å². The van der Waals surface area contributed by atoms with Gasteiger partial charge in [-0.15, -0.1) is 0 Å². The number of aliphatic hydroxyl groups excluding tert-OH is 1. The normalized spacial score (nSPS) is 19.7. The summed E-state index contributed by atoms with van der Waals surface area (Å²) in [7, 11) is -3.67. The van der Waals surface area contributed by atoms with Gasteiger partial charge in [0.05, 0.1) is 11.0 Å². The van der Waals surface area contributed by atoms with Gasteiger partial charge < -0.3 is 10.0 Å². The van der Waals surface area contributed by atoms with Crippen molar-refractivity contribution in [3.05, 3.63) is 28.3 Å². The van der Waals surface area contributed by atoms with E-state index in [9.17, 15) is 23.6 Å². The van der Waals surface area contributed by atoms with Crippen LogP contribution in [0.2, 0.25) is 0 Å². The van der Waals surface area contributed by atoms with Crippen molar-refractivity contribution in [2.45, 2.75) is 17.4 Å². The second-order valence-electron chi connectivity index (χ2n) is 4.57. The van der Waals surface area contributed by atoms with Crippen LogP contribution in [0.25, 0.3) is 0 Å². The van der Waals surface area contributed by atoms with Gasteiger partial charge in [-0.2, -0.15) is 0 Å². The van der Waals surface area contributed by atoms with Crippen molar-refractivity contribution in [1.29, 1.82) is 0 Å². The number of sulfone groups is 1. The van der Waals surface area contributed by atoms with Crippen LogP contribution in [0, 0.1) is 10.1 Å². The monoisotopic (exact) mass is 286 g/mol. The van der Waals surface area contributed by atoms with E-state index in [1.54, 1.807) is 0 Å². The van der Waals surface area contributed by atoms with E-state index in [1.807, 2.05) is 4.90 Å². The number of β-amino-alcohol motifs (C(OH)–C–C–N with tert-alkyl or cyclic N) is 1. The predicted molar refractivity (Wildman–Crippen MR) is 69.0 cm³/mol. The molecule has 104 valence electrons. The summed E-state index contributed by atoms with van der Waals surface area (Å²) in [6, 6.07) is 3.99. The summed E-state index contributed by atoms with van der Waals surface area (Å²) in [5.41, 5.74) is 0.147. The lowest BCUT2D eigenvalue weighted by Crippen LogP contribution is -2.21. The molecule has 1 aliphatic heterocycles. The first kappa shape index (κ1) is 13.8. The molecule has 0 aromatic heterocycles. The number of aliphatic hydroxyl groups is 1. The Bertz CT molecular complexity index is 614. The van der Waals surface area contributed by atoms with Crippen molar-refractivity contribution in [2.75, 3.05) is 24.2 Å². The first-order valence-electron chi connectivity index (χ1n) is 5.70. The minimum Gasteiger partial charge on any atom is -0.391 e. The Hall–Kier alpha value is -1.67. The third-order valence-electron chi connectivity index (χ3n) is 3.07. The number of rotatable bonds is 3. The number of anilines is 1. The number of benzene rings is 1. The zero-order valence-corrected chi connectivity index (χ0v) is 11.1. The van der Waals surface area contributed by atoms with Gasteiger partial charge in [0.25, 0.3) is 5.69 Å². The molecule has 1 N–H and O–H groups in total. The summed E-state index contributed by atoms with van der Waals surface area (Å²) in [5, 5.41) is 20.3. The highest BCUT2D eigenvalue weighted by atomic mass is 32.2. The van der Waals surface area contributed by atoms with Gasteiger partial charge in [-0.05, 0) is 18.6 Å². The molecular weight excluding hydrogens is 272 g/mol. The minimum atomic E-state index is -3.67. The SMILES string of the molecule is CS(=O)(=O)c1cc(N2CC[C@H](O)C2)ccc1[N+](=O)[O-]. The Kier molecular flexibility index (Phi) is 3.46. The lowest BCUT2D eigenvalue weighted by atomic mass is 10.2. The molecule has 7 nitrogen and oxygen atoms in total. The van der Waals surface area contributed by atoms with E-state index >= 15 is 0 Å². The highest BCUT2D eigenvalue weighted by molar-refractivity contribution is 7.90. The van der Waals surface area contributed by atoms with Crippen molar-refractivity contribution in [1.82, 2.24) is 0 Å². The number of hydrogen-bond donors (Lipinski definition) is 1. The van der Waals surface area contributed by atoms with Gasteiger partial charge in [-0.3, -0.25) is 10.1 Å². The highest BCUT2D eigenvalue weighted by Gasteiger charge is 2.26. The van der Waals surface area contributed by atoms with Crippen molar-refractivity contribution >= 4 is 21.2 Å². The van der Waals surface area contributed by atoms with Crippen molar-refractivity contribution in [3.63, 3.8) is 0 Å². The van der Waals surface area contributed by atoms with Crippen molar-refractivity contribution in [3.8, 4) is 0 Å². The summed E-state index contributed by atoms with van der Waals surface area (Å²) in [6.45, 7) is 1.00. The predicted octanol–water partition coefficient (Wildman–Crippen LogP) is 0.569. The Balaban J connectivity index is 2.47. The second-order valence-corrected chi connectivity index (χ2v) is 6.55. The van der Waals surface area contributed by atoms with Gasteiger partial charge in [0.15, 0.2) is 9.84 Å². The zero-order chi connectivity index (χ0) is 14.2. The summed E-state index contributed by atoms with van der Waals surface area (Å²) in [5.74, 6) is 0. The molecule has 0 spiro atoms. The van der Waals surface area contributed by atoms with Gasteiger partial charge in [-0.25, -0.2) is 8.42 Å². The minimum absolute atomic E-state index is 0.295. The fourth-order valence-corrected chi connectivity index (χ4v) is 2.98. The van der Waals surface area contributed by atoms with Gasteiger partial charge in [0, 0.05) is 31.1 Å². The van der Waals surface area contributed by atoms with Crippen LogP contribution in [-0.4, -0.2) is 43.9 Å². The van der Waals surface area contributed by atoms with Gasteiger partial charge in [0.1, 0.15) is 4.90 Å². The average molecular weight is 286 g/mol. The number of nitro groups is 1. The molecule has 1 atom stereocenters. The van der Waals surface area contributed by atoms with E-state index in [0.29, 0.717) is 25.2 Å². The van der Waals surface area contributed by atoms with Crippen LogP contribution in [0.4, 0.5) is 11.4 Å². The standard InChI is InChI=1S/C11H14N2O5S/c1-19(17,18)11-6-8(2-3-10(11)13(15)16)12-5-4-9(14)7-12/h2-3,6,9,14H,4-5,7H2,1H3/t9-/m0/s1. The maximum atomic E-state index is 11.6. The fraction of sp³-hybridized carbons (Fsp3) is 0.455. The van der Waals surface area contributed by atoms with E-state index in [0.717, 1.165) is 6.26 Å². The quantitative estimate of drug-likeness (QED) is 0.644. The molecule has 0 amide bonds. The smallest absolute Gasteiger partial charge is 0.288 e. The lowest BCUT2D eigenvalue weighted by molar-refractivity contribution is -0.387. The maximum absolute atomic E-state index is 11.6. The van der Waals surface area contributed by atoms with Crippen LogP contribution >= 0.6 is 0 Å². The summed E-state index contributed by atoms with van der Waals surface area (Å²) in [6.07, 6.45) is 1.10. The molecule has 19 heavy (non-hydrogen) atoms. The van der Waals surface area contributed by atoms with E-state index in [4.69, 9.17) is 0 Å². The third-order valence-corrected chi connectivity index (χ3v) is 4.19. The van der Waals surface area contributed by atoms with Gasteiger partial charge >= 0.3 is 0 Å². The first-order valence-corrected chi connectivity index (χ1v) is 7.59. The van der Waals surface area contributed by atoms with Crippen LogP contribution in [-0.2, 0) is 9.84 Å². The first-order chi connectivity index (χ1) is 8.79. The summed E-state index contributed by atoms with van der Waals surface area (Å²) < 4.78 is 23.2. The molecule has 1 aliphatic rings. The highest BCUT2D eigenvalue weighted by Crippen LogP contribution is 2.30. The van der Waals surface area contributed by atoms with E-state index in [1.165, 1.54) is 18.2 Å². The van der Waals surface area contributed by atoms with Crippen LogP contribution in [0.15, 0.2) is 23.1 Å². The average Bonchev–Trinajstić information content (AvgIpc) is 2.74. The van der Waals surface area contributed by atoms with Crippen LogP contribution in [0.1, 0.15) is 6.42 Å². The molecule has 1 fully saturated rings. The largest absolute Gasteiger partial charge is 0.391 e. The number of hydrogen-bond acceptors (Lipinski definition) is 6. The molecule has 8 heteroatoms. The van der Waals surface area contributed by atoms with Gasteiger partial charge in [-0.1, -0.05) is 0 Å². The fourth-order valence-electron chi connectivity index (χ4n) is 2.12. The van der Waals surface area contributed by atoms with Gasteiger partial charge in [0.2, 0.25) is 0 Å². The lowest BCUT2D eigenvalue weighted by Gasteiger charge is -2.18. The van der Waals surface area contributed by atoms with Crippen molar-refractivity contribution in [2.24, 2.45) is 0 Å². The Morgan fingerprint density at radius 1 is 1.47 bits per heavy atom. The van der Waals surface area contributed by atoms with Crippen molar-refractivity contribution < 1.29 is 18.4 Å². The molecule has 1 aromatic carbocycles. The molecule has 0 radical (unpaired) electrons. The molecule has 0 unspecified atom stereocenters. The maximum Gasteiger partial charge on any atom is 0.288 e. The number of nitrogens with zero attached hydrogens (tertiary/aromatic N) is 2. The third kappa shape index (κ3) is 2.85. The van der Waals surface area contributed by atoms with Crippen LogP contribution < -0.4 is 4.90 Å². The Morgan fingerprint density at radius 2 is 2.16 bits per heavy atom. The number of nitro benzene ring substituents is 1.